The monoisotopic (exact) mass is 305 g/mol. The summed E-state index contributed by atoms with van der Waals surface area (Å²) >= 11 is 0. The predicted octanol–water partition coefficient (Wildman–Crippen LogP) is 2.37. The number of hydrogen-bond acceptors (Lipinski definition) is 5. The highest BCUT2D eigenvalue weighted by molar-refractivity contribution is 5.92. The minimum absolute atomic E-state index is 0.0115. The predicted molar refractivity (Wildman–Crippen MR) is 79.0 cm³/mol. The molecule has 0 radical (unpaired) electrons. The molecule has 0 bridgehead atoms. The third kappa shape index (κ3) is 2.92. The van der Waals surface area contributed by atoms with Crippen molar-refractivity contribution in [2.24, 2.45) is 0 Å². The van der Waals surface area contributed by atoms with Crippen LogP contribution in [-0.2, 0) is 14.2 Å². The minimum atomic E-state index is -0.357. The highest BCUT2D eigenvalue weighted by atomic mass is 16.6. The molecule has 6 heteroatoms. The quantitative estimate of drug-likeness (QED) is 0.799. The Balaban J connectivity index is 1.65. The fraction of sp³-hybridized carbons (Fsp3) is 0.500. The number of hydrogen-bond donors (Lipinski definition) is 0. The van der Waals surface area contributed by atoms with E-state index in [1.54, 1.807) is 31.4 Å². The number of anilines is 1. The van der Waals surface area contributed by atoms with Gasteiger partial charge in [-0.3, -0.25) is 4.90 Å². The summed E-state index contributed by atoms with van der Waals surface area (Å²) in [6.07, 6.45) is 2.22. The van der Waals surface area contributed by atoms with Crippen molar-refractivity contribution in [2.45, 2.75) is 31.5 Å². The van der Waals surface area contributed by atoms with E-state index in [1.165, 1.54) is 4.90 Å². The lowest BCUT2D eigenvalue weighted by Crippen LogP contribution is -2.27. The van der Waals surface area contributed by atoms with Crippen molar-refractivity contribution in [3.05, 3.63) is 29.8 Å². The summed E-state index contributed by atoms with van der Waals surface area (Å²) in [5.41, 5.74) is 1.19. The Bertz CT molecular complexity index is 556. The molecule has 6 nitrogen and oxygen atoms in total. The molecular formula is C16H19NO5. The molecule has 2 fully saturated rings. The summed E-state index contributed by atoms with van der Waals surface area (Å²) < 4.78 is 15.7. The van der Waals surface area contributed by atoms with Crippen molar-refractivity contribution >= 4 is 17.7 Å². The van der Waals surface area contributed by atoms with Crippen molar-refractivity contribution in [1.82, 2.24) is 0 Å². The maximum absolute atomic E-state index is 12.2. The Kier molecular flexibility index (Phi) is 4.29. The first-order chi connectivity index (χ1) is 10.7. The van der Waals surface area contributed by atoms with Gasteiger partial charge in [0.15, 0.2) is 0 Å². The van der Waals surface area contributed by atoms with Crippen molar-refractivity contribution < 1.29 is 23.8 Å². The van der Waals surface area contributed by atoms with Crippen LogP contribution in [-0.4, -0.2) is 44.5 Å². The molecule has 0 spiro atoms. The van der Waals surface area contributed by atoms with Gasteiger partial charge in [0, 0.05) is 12.8 Å². The summed E-state index contributed by atoms with van der Waals surface area (Å²) in [5, 5.41) is 0. The summed E-state index contributed by atoms with van der Waals surface area (Å²) in [5.74, 6) is -0.357. The molecule has 1 heterocycles. The second-order valence-corrected chi connectivity index (χ2v) is 5.46. The van der Waals surface area contributed by atoms with E-state index in [0.29, 0.717) is 18.7 Å². The number of rotatable bonds is 4. The first-order valence-electron chi connectivity index (χ1n) is 7.47. The number of benzene rings is 1. The Hall–Kier alpha value is -2.08. The van der Waals surface area contributed by atoms with Crippen LogP contribution in [0.5, 0.6) is 0 Å². The fourth-order valence-electron chi connectivity index (χ4n) is 2.91. The average molecular weight is 305 g/mol. The molecule has 0 N–H and O–H groups in total. The molecule has 1 amide bonds. The van der Waals surface area contributed by atoms with Crippen LogP contribution in [0.4, 0.5) is 10.5 Å². The van der Waals surface area contributed by atoms with Crippen molar-refractivity contribution in [3.8, 4) is 0 Å². The molecular weight excluding hydrogens is 286 g/mol. The highest BCUT2D eigenvalue weighted by Gasteiger charge is 2.31. The van der Waals surface area contributed by atoms with Crippen LogP contribution in [0.3, 0.4) is 0 Å². The number of ether oxygens (including phenoxy) is 3. The van der Waals surface area contributed by atoms with Gasteiger partial charge in [0.05, 0.1) is 18.2 Å². The SMILES string of the molecule is CO[C@H]1CCC[C@@H]1OC(=O)c1ccc(N2CCOC2=O)cc1. The molecule has 2 atom stereocenters. The molecule has 1 aromatic carbocycles. The van der Waals surface area contributed by atoms with E-state index in [0.717, 1.165) is 24.9 Å². The van der Waals surface area contributed by atoms with E-state index in [9.17, 15) is 9.59 Å². The first-order valence-corrected chi connectivity index (χ1v) is 7.47. The third-order valence-electron chi connectivity index (χ3n) is 4.13. The van der Waals surface area contributed by atoms with Crippen LogP contribution in [0, 0.1) is 0 Å². The van der Waals surface area contributed by atoms with E-state index < -0.39 is 0 Å². The van der Waals surface area contributed by atoms with Crippen molar-refractivity contribution in [3.63, 3.8) is 0 Å². The van der Waals surface area contributed by atoms with Crippen molar-refractivity contribution in [1.29, 1.82) is 0 Å². The van der Waals surface area contributed by atoms with E-state index in [1.807, 2.05) is 0 Å². The number of esters is 1. The smallest absolute Gasteiger partial charge is 0.414 e. The van der Waals surface area contributed by atoms with E-state index in [4.69, 9.17) is 14.2 Å². The van der Waals surface area contributed by atoms with Crippen LogP contribution >= 0.6 is 0 Å². The Morgan fingerprint density at radius 2 is 1.95 bits per heavy atom. The van der Waals surface area contributed by atoms with Crippen LogP contribution in [0.1, 0.15) is 29.6 Å². The summed E-state index contributed by atoms with van der Waals surface area (Å²) in [7, 11) is 1.64. The zero-order valence-electron chi connectivity index (χ0n) is 12.5. The topological polar surface area (TPSA) is 65.1 Å². The largest absolute Gasteiger partial charge is 0.456 e. The zero-order chi connectivity index (χ0) is 15.5. The maximum Gasteiger partial charge on any atom is 0.414 e. The van der Waals surface area contributed by atoms with Gasteiger partial charge in [0.25, 0.3) is 0 Å². The Morgan fingerprint density at radius 1 is 1.23 bits per heavy atom. The highest BCUT2D eigenvalue weighted by Crippen LogP contribution is 2.26. The number of nitrogens with zero attached hydrogens (tertiary/aromatic N) is 1. The first kappa shape index (κ1) is 14.8. The number of carbonyl (C=O) groups excluding carboxylic acids is 2. The van der Waals surface area contributed by atoms with Crippen LogP contribution < -0.4 is 4.90 Å². The maximum atomic E-state index is 12.2. The summed E-state index contributed by atoms with van der Waals surface area (Å²) in [6, 6.07) is 6.79. The van der Waals surface area contributed by atoms with Gasteiger partial charge in [-0.2, -0.15) is 0 Å². The molecule has 22 heavy (non-hydrogen) atoms. The Morgan fingerprint density at radius 3 is 2.59 bits per heavy atom. The molecule has 3 rings (SSSR count). The standard InChI is InChI=1S/C16H19NO5/c1-20-13-3-2-4-14(13)22-15(18)11-5-7-12(8-6-11)17-9-10-21-16(17)19/h5-8,13-14H,2-4,9-10H2,1H3/t13-,14-/m0/s1. The summed E-state index contributed by atoms with van der Waals surface area (Å²) in [6.45, 7) is 0.920. The third-order valence-corrected chi connectivity index (χ3v) is 4.13. The number of carbonyl (C=O) groups is 2. The summed E-state index contributed by atoms with van der Waals surface area (Å²) in [4.78, 5) is 25.2. The molecule has 1 saturated heterocycles. The van der Waals surface area contributed by atoms with Crippen molar-refractivity contribution in [2.75, 3.05) is 25.2 Å². The van der Waals surface area contributed by atoms with E-state index >= 15 is 0 Å². The molecule has 0 aromatic heterocycles. The lowest BCUT2D eigenvalue weighted by atomic mass is 10.2. The molecule has 1 aliphatic carbocycles. The second-order valence-electron chi connectivity index (χ2n) is 5.46. The van der Waals surface area contributed by atoms with Gasteiger partial charge in [-0.15, -0.1) is 0 Å². The van der Waals surface area contributed by atoms with E-state index in [2.05, 4.69) is 0 Å². The van der Waals surface area contributed by atoms with Crippen LogP contribution in [0.2, 0.25) is 0 Å². The van der Waals surface area contributed by atoms with Gasteiger partial charge in [0.2, 0.25) is 0 Å². The lowest BCUT2D eigenvalue weighted by Gasteiger charge is -2.19. The van der Waals surface area contributed by atoms with Gasteiger partial charge in [-0.05, 0) is 43.5 Å². The number of cyclic esters (lactones) is 1. The molecule has 1 aromatic rings. The van der Waals surface area contributed by atoms with E-state index in [-0.39, 0.29) is 24.3 Å². The molecule has 1 saturated carbocycles. The normalized spacial score (nSPS) is 24.4. The molecule has 1 aliphatic heterocycles. The van der Waals surface area contributed by atoms with Gasteiger partial charge in [-0.1, -0.05) is 0 Å². The second kappa shape index (κ2) is 6.36. The molecule has 0 unspecified atom stereocenters. The Labute approximate surface area is 128 Å². The van der Waals surface area contributed by atoms with Gasteiger partial charge < -0.3 is 14.2 Å². The molecule has 2 aliphatic rings. The van der Waals surface area contributed by atoms with Gasteiger partial charge in [0.1, 0.15) is 12.7 Å². The molecule has 118 valence electrons. The zero-order valence-corrected chi connectivity index (χ0v) is 12.5. The fourth-order valence-corrected chi connectivity index (χ4v) is 2.91. The average Bonchev–Trinajstić information content (AvgIpc) is 3.16. The van der Waals surface area contributed by atoms with Gasteiger partial charge >= 0.3 is 12.1 Å². The van der Waals surface area contributed by atoms with Gasteiger partial charge in [-0.25, -0.2) is 9.59 Å². The number of methoxy groups -OCH3 is 1. The van der Waals surface area contributed by atoms with Crippen LogP contribution in [0.15, 0.2) is 24.3 Å². The van der Waals surface area contributed by atoms with Crippen LogP contribution in [0.25, 0.3) is 0 Å². The minimum Gasteiger partial charge on any atom is -0.456 e. The number of amides is 1. The lowest BCUT2D eigenvalue weighted by molar-refractivity contribution is -0.0206.